The zero-order chi connectivity index (χ0) is 12.1. The number of nitrogens with two attached hydrogens (primary N) is 1. The number of nitrogen functional groups attached to an aromatic ring is 1. The Labute approximate surface area is 111 Å². The van der Waals surface area contributed by atoms with Gasteiger partial charge in [-0.2, -0.15) is 0 Å². The first-order chi connectivity index (χ1) is 7.58. The predicted molar refractivity (Wildman–Crippen MR) is 72.5 cm³/mol. The maximum atomic E-state index is 11.6. The second-order valence-electron chi connectivity index (χ2n) is 3.07. The predicted octanol–water partition coefficient (Wildman–Crippen LogP) is 2.37. The molecule has 0 bridgehead atoms. The molecule has 4 nitrogen and oxygen atoms in total. The summed E-state index contributed by atoms with van der Waals surface area (Å²) < 4.78 is 5.06. The smallest absolute Gasteiger partial charge is 0.239 e. The summed E-state index contributed by atoms with van der Waals surface area (Å²) in [6, 6.07) is 5.09. The fraction of sp³-hybridized carbons (Fsp3) is 0.300. The van der Waals surface area contributed by atoms with E-state index in [-0.39, 0.29) is 10.7 Å². The fourth-order valence-electron chi connectivity index (χ4n) is 1.08. The zero-order valence-corrected chi connectivity index (χ0v) is 11.8. The molecule has 0 spiro atoms. The van der Waals surface area contributed by atoms with E-state index in [1.165, 1.54) is 7.11 Å². The van der Waals surface area contributed by atoms with Crippen LogP contribution in [-0.4, -0.2) is 23.2 Å². The second kappa shape index (κ2) is 6.10. The van der Waals surface area contributed by atoms with Crippen LogP contribution in [0, 0.1) is 0 Å². The molecule has 0 saturated heterocycles. The van der Waals surface area contributed by atoms with Crippen LogP contribution in [0.4, 0.5) is 11.4 Å². The summed E-state index contributed by atoms with van der Waals surface area (Å²) in [7, 11) is 1.53. The highest BCUT2D eigenvalue weighted by atomic mass is 79.9. The minimum Gasteiger partial charge on any atom is -0.495 e. The van der Waals surface area contributed by atoms with Gasteiger partial charge >= 0.3 is 0 Å². The molecule has 0 fully saturated rings. The van der Waals surface area contributed by atoms with Crippen LogP contribution in [0.1, 0.15) is 0 Å². The van der Waals surface area contributed by atoms with Gasteiger partial charge in [-0.15, -0.1) is 0 Å². The van der Waals surface area contributed by atoms with Crippen molar-refractivity contribution in [3.05, 3.63) is 18.2 Å². The molecule has 0 heterocycles. The van der Waals surface area contributed by atoms with Crippen molar-refractivity contribution < 1.29 is 9.53 Å². The summed E-state index contributed by atoms with van der Waals surface area (Å²) in [6.07, 6.45) is 0. The highest BCUT2D eigenvalue weighted by molar-refractivity contribution is 9.12. The second-order valence-corrected chi connectivity index (χ2v) is 4.82. The Balaban J connectivity index is 2.78. The molecule has 88 valence electrons. The first kappa shape index (κ1) is 13.3. The maximum Gasteiger partial charge on any atom is 0.239 e. The number of ether oxygens (including phenoxy) is 1. The average molecular weight is 352 g/mol. The third kappa shape index (κ3) is 3.38. The monoisotopic (exact) mass is 350 g/mol. The van der Waals surface area contributed by atoms with Crippen LogP contribution >= 0.6 is 31.9 Å². The van der Waals surface area contributed by atoms with Gasteiger partial charge in [-0.3, -0.25) is 4.79 Å². The lowest BCUT2D eigenvalue weighted by Crippen LogP contribution is -2.23. The average Bonchev–Trinajstić information content (AvgIpc) is 2.30. The number of carbonyl (C=O) groups excluding carboxylic acids is 1. The van der Waals surface area contributed by atoms with E-state index in [1.54, 1.807) is 18.2 Å². The summed E-state index contributed by atoms with van der Waals surface area (Å²) in [5, 5.41) is 3.29. The first-order valence-electron chi connectivity index (χ1n) is 4.53. The van der Waals surface area contributed by atoms with Crippen LogP contribution in [0.5, 0.6) is 5.75 Å². The van der Waals surface area contributed by atoms with Crippen LogP contribution in [0.25, 0.3) is 0 Å². The quantitative estimate of drug-likeness (QED) is 0.646. The Bertz CT molecular complexity index is 385. The number of hydrogen-bond acceptors (Lipinski definition) is 3. The van der Waals surface area contributed by atoms with Crippen molar-refractivity contribution in [2.24, 2.45) is 0 Å². The number of methoxy groups -OCH3 is 1. The Morgan fingerprint density at radius 1 is 1.62 bits per heavy atom. The van der Waals surface area contributed by atoms with Crippen LogP contribution < -0.4 is 15.8 Å². The van der Waals surface area contributed by atoms with Crippen molar-refractivity contribution in [2.75, 3.05) is 23.5 Å². The van der Waals surface area contributed by atoms with E-state index in [2.05, 4.69) is 37.2 Å². The van der Waals surface area contributed by atoms with E-state index in [0.717, 1.165) is 0 Å². The molecule has 0 aromatic heterocycles. The van der Waals surface area contributed by atoms with Gasteiger partial charge in [0.15, 0.2) is 0 Å². The zero-order valence-electron chi connectivity index (χ0n) is 8.67. The van der Waals surface area contributed by atoms with E-state index in [1.807, 2.05) is 0 Å². The Hall–Kier alpha value is -0.750. The van der Waals surface area contributed by atoms with Gasteiger partial charge in [0.05, 0.1) is 12.8 Å². The fourth-order valence-corrected chi connectivity index (χ4v) is 1.49. The number of nitrogens with one attached hydrogen (secondary N) is 1. The minimum absolute atomic E-state index is 0.122. The van der Waals surface area contributed by atoms with Gasteiger partial charge in [0, 0.05) is 17.1 Å². The van der Waals surface area contributed by atoms with E-state index in [9.17, 15) is 4.79 Å². The molecule has 0 aliphatic carbocycles. The van der Waals surface area contributed by atoms with Crippen molar-refractivity contribution in [2.45, 2.75) is 4.83 Å². The van der Waals surface area contributed by atoms with E-state index in [4.69, 9.17) is 10.5 Å². The van der Waals surface area contributed by atoms with E-state index in [0.29, 0.717) is 22.5 Å². The number of hydrogen-bond donors (Lipinski definition) is 2. The highest BCUT2D eigenvalue weighted by Gasteiger charge is 2.13. The molecule has 0 saturated carbocycles. The van der Waals surface area contributed by atoms with E-state index >= 15 is 0 Å². The number of rotatable bonds is 4. The van der Waals surface area contributed by atoms with Gasteiger partial charge in [-0.05, 0) is 12.1 Å². The molecule has 1 aromatic carbocycles. The third-order valence-corrected chi connectivity index (χ3v) is 4.18. The van der Waals surface area contributed by atoms with Crippen molar-refractivity contribution in [1.29, 1.82) is 0 Å². The lowest BCUT2D eigenvalue weighted by atomic mass is 10.2. The molecular formula is C10H12Br2N2O2. The molecule has 1 atom stereocenters. The first-order valence-corrected chi connectivity index (χ1v) is 6.56. The molecule has 16 heavy (non-hydrogen) atoms. The van der Waals surface area contributed by atoms with Crippen molar-refractivity contribution >= 4 is 49.1 Å². The number of alkyl halides is 2. The normalized spacial score (nSPS) is 11.9. The Morgan fingerprint density at radius 2 is 2.31 bits per heavy atom. The Morgan fingerprint density at radius 3 is 2.88 bits per heavy atom. The van der Waals surface area contributed by atoms with Gasteiger partial charge in [0.25, 0.3) is 0 Å². The topological polar surface area (TPSA) is 64.3 Å². The van der Waals surface area contributed by atoms with Crippen molar-refractivity contribution in [3.8, 4) is 5.75 Å². The van der Waals surface area contributed by atoms with Crippen molar-refractivity contribution in [3.63, 3.8) is 0 Å². The molecule has 6 heteroatoms. The lowest BCUT2D eigenvalue weighted by Gasteiger charge is -2.10. The molecular weight excluding hydrogens is 340 g/mol. The summed E-state index contributed by atoms with van der Waals surface area (Å²) in [5.74, 6) is 0.423. The number of anilines is 2. The number of halogens is 2. The highest BCUT2D eigenvalue weighted by Crippen LogP contribution is 2.25. The molecule has 1 unspecified atom stereocenters. The SMILES string of the molecule is COc1cc(NC(=O)C(Br)CBr)ccc1N. The molecule has 1 aromatic rings. The standard InChI is InChI=1S/C10H12Br2N2O2/c1-16-9-4-6(2-3-8(9)13)14-10(15)7(12)5-11/h2-4,7H,5,13H2,1H3,(H,14,15). The van der Waals surface area contributed by atoms with Crippen molar-refractivity contribution in [1.82, 2.24) is 0 Å². The lowest BCUT2D eigenvalue weighted by molar-refractivity contribution is -0.115. The summed E-state index contributed by atoms with van der Waals surface area (Å²) in [5.41, 5.74) is 6.85. The molecule has 0 aliphatic rings. The summed E-state index contributed by atoms with van der Waals surface area (Å²) in [4.78, 5) is 11.3. The number of amides is 1. The summed E-state index contributed by atoms with van der Waals surface area (Å²) >= 11 is 6.45. The Kier molecular flexibility index (Phi) is 5.08. The minimum atomic E-state index is -0.268. The number of carbonyl (C=O) groups is 1. The molecule has 0 radical (unpaired) electrons. The van der Waals surface area contributed by atoms with E-state index < -0.39 is 0 Å². The molecule has 0 aliphatic heterocycles. The maximum absolute atomic E-state index is 11.6. The largest absolute Gasteiger partial charge is 0.495 e. The molecule has 1 rings (SSSR count). The van der Waals surface area contributed by atoms with Gasteiger partial charge in [0.1, 0.15) is 10.6 Å². The van der Waals surface area contributed by atoms with Crippen LogP contribution in [0.15, 0.2) is 18.2 Å². The third-order valence-electron chi connectivity index (χ3n) is 1.92. The van der Waals surface area contributed by atoms with Gasteiger partial charge in [-0.25, -0.2) is 0 Å². The number of benzene rings is 1. The van der Waals surface area contributed by atoms with Gasteiger partial charge in [-0.1, -0.05) is 31.9 Å². The van der Waals surface area contributed by atoms with Crippen LogP contribution in [0.2, 0.25) is 0 Å². The van der Waals surface area contributed by atoms with Crippen LogP contribution in [-0.2, 0) is 4.79 Å². The summed E-state index contributed by atoms with van der Waals surface area (Å²) in [6.45, 7) is 0. The van der Waals surface area contributed by atoms with Crippen LogP contribution in [0.3, 0.4) is 0 Å². The van der Waals surface area contributed by atoms with Gasteiger partial charge < -0.3 is 15.8 Å². The van der Waals surface area contributed by atoms with Gasteiger partial charge in [0.2, 0.25) is 5.91 Å². The molecule has 1 amide bonds. The molecule has 3 N–H and O–H groups in total.